The molecule has 0 spiro atoms. The summed E-state index contributed by atoms with van der Waals surface area (Å²) < 4.78 is 5.71. The van der Waals surface area contributed by atoms with Crippen molar-refractivity contribution in [1.29, 1.82) is 0 Å². The van der Waals surface area contributed by atoms with Crippen LogP contribution in [0, 0.1) is 6.92 Å². The van der Waals surface area contributed by atoms with Gasteiger partial charge in [-0.15, -0.1) is 0 Å². The van der Waals surface area contributed by atoms with Crippen LogP contribution in [0.25, 0.3) is 11.4 Å². The molecule has 4 rings (SSSR count). The molecule has 0 fully saturated rings. The number of fused-ring (bicyclic) bond motifs is 1. The fourth-order valence-electron chi connectivity index (χ4n) is 3.60. The smallest absolute Gasteiger partial charge is 0.267 e. The molecule has 1 aliphatic rings. The van der Waals surface area contributed by atoms with Gasteiger partial charge in [0.25, 0.3) is 5.91 Å². The lowest BCUT2D eigenvalue weighted by atomic mass is 10.1. The van der Waals surface area contributed by atoms with E-state index in [1.54, 1.807) is 4.90 Å². The van der Waals surface area contributed by atoms with E-state index in [-0.39, 0.29) is 18.0 Å². The number of para-hydroxylation sites is 1. The lowest BCUT2D eigenvalue weighted by Crippen LogP contribution is -2.22. The van der Waals surface area contributed by atoms with Gasteiger partial charge < -0.3 is 10.5 Å². The van der Waals surface area contributed by atoms with Gasteiger partial charge in [-0.3, -0.25) is 14.5 Å². The molecule has 0 saturated heterocycles. The molecule has 0 bridgehead atoms. The van der Waals surface area contributed by atoms with E-state index in [2.05, 4.69) is 16.9 Å². The first-order valence-corrected chi connectivity index (χ1v) is 10.3. The monoisotopic (exact) mass is 416 g/mol. The molecule has 7 heteroatoms. The van der Waals surface area contributed by atoms with E-state index in [9.17, 15) is 9.59 Å². The van der Waals surface area contributed by atoms with Crippen LogP contribution < -0.4 is 15.4 Å². The molecule has 0 atom stereocenters. The number of carbonyl (C=O) groups is 2. The molecule has 2 aromatic carbocycles. The Morgan fingerprint density at radius 3 is 2.55 bits per heavy atom. The fourth-order valence-corrected chi connectivity index (χ4v) is 3.60. The normalized spacial score (nSPS) is 12.7. The lowest BCUT2D eigenvalue weighted by molar-refractivity contribution is -0.116. The second-order valence-corrected chi connectivity index (χ2v) is 7.48. The first kappa shape index (κ1) is 20.5. The number of primary amides is 1. The maximum atomic E-state index is 12.9. The highest BCUT2D eigenvalue weighted by atomic mass is 16.5. The van der Waals surface area contributed by atoms with Crippen LogP contribution in [0.5, 0.6) is 5.75 Å². The van der Waals surface area contributed by atoms with Crippen molar-refractivity contribution >= 4 is 23.3 Å². The Hall–Kier alpha value is -3.74. The number of nitrogens with zero attached hydrogens (tertiary/aromatic N) is 3. The summed E-state index contributed by atoms with van der Waals surface area (Å²) in [6.07, 6.45) is 2.08. The molecule has 158 valence electrons. The molecular formula is C24H24N4O3. The third kappa shape index (κ3) is 3.99. The second kappa shape index (κ2) is 8.55. The summed E-state index contributed by atoms with van der Waals surface area (Å²) in [5, 5.41) is 0. The number of nitrogens with two attached hydrogens (primary N) is 1. The number of aryl methyl sites for hydroxylation is 1. The van der Waals surface area contributed by atoms with E-state index in [1.165, 1.54) is 0 Å². The van der Waals surface area contributed by atoms with Gasteiger partial charge in [0.05, 0.1) is 18.7 Å². The van der Waals surface area contributed by atoms with E-state index in [0.29, 0.717) is 29.4 Å². The van der Waals surface area contributed by atoms with Gasteiger partial charge in [-0.05, 0) is 49.2 Å². The third-order valence-electron chi connectivity index (χ3n) is 5.24. The Balaban J connectivity index is 1.77. The van der Waals surface area contributed by atoms with Gasteiger partial charge in [-0.25, -0.2) is 9.97 Å². The Bertz CT molecular complexity index is 1140. The van der Waals surface area contributed by atoms with Crippen LogP contribution in [-0.2, 0) is 11.2 Å². The van der Waals surface area contributed by atoms with Crippen molar-refractivity contribution in [3.63, 3.8) is 0 Å². The van der Waals surface area contributed by atoms with Gasteiger partial charge in [-0.2, -0.15) is 0 Å². The summed E-state index contributed by atoms with van der Waals surface area (Å²) in [4.78, 5) is 35.6. The molecule has 0 unspecified atom stereocenters. The summed E-state index contributed by atoms with van der Waals surface area (Å²) >= 11 is 0. The SMILES string of the molecule is CCCCOc1ccc(-c2nc(C(N)=O)c3c(n2)N(c2ccccc2C)C(=O)C3)cc1. The molecule has 2 amide bonds. The first-order valence-electron chi connectivity index (χ1n) is 10.3. The Kier molecular flexibility index (Phi) is 5.66. The first-order chi connectivity index (χ1) is 15.0. The summed E-state index contributed by atoms with van der Waals surface area (Å²) in [6, 6.07) is 14.9. The van der Waals surface area contributed by atoms with Crippen molar-refractivity contribution in [3.05, 3.63) is 65.4 Å². The van der Waals surface area contributed by atoms with Crippen LogP contribution in [0.2, 0.25) is 0 Å². The quantitative estimate of drug-likeness (QED) is 0.588. The number of rotatable bonds is 7. The molecule has 0 aliphatic carbocycles. The Morgan fingerprint density at radius 1 is 1.13 bits per heavy atom. The Labute approximate surface area is 180 Å². The van der Waals surface area contributed by atoms with Gasteiger partial charge in [0, 0.05) is 11.1 Å². The zero-order chi connectivity index (χ0) is 22.0. The van der Waals surface area contributed by atoms with Crippen LogP contribution in [0.4, 0.5) is 11.5 Å². The molecule has 7 nitrogen and oxygen atoms in total. The number of hydrogen-bond donors (Lipinski definition) is 1. The predicted octanol–water partition coefficient (Wildman–Crippen LogP) is 3.95. The minimum Gasteiger partial charge on any atom is -0.494 e. The lowest BCUT2D eigenvalue weighted by Gasteiger charge is -2.19. The summed E-state index contributed by atoms with van der Waals surface area (Å²) in [6.45, 7) is 4.69. The standard InChI is InChI=1S/C24H24N4O3/c1-3-4-13-31-17-11-9-16(10-12-17)23-26-21(22(25)30)18-14-20(29)28(24(18)27-23)19-8-6-5-7-15(19)2/h5-12H,3-4,13-14H2,1-2H3,(H2,25,30). The van der Waals surface area contributed by atoms with Crippen LogP contribution in [0.15, 0.2) is 48.5 Å². The van der Waals surface area contributed by atoms with E-state index < -0.39 is 5.91 Å². The van der Waals surface area contributed by atoms with Gasteiger partial charge in [0.1, 0.15) is 17.3 Å². The van der Waals surface area contributed by atoms with Crippen molar-refractivity contribution in [1.82, 2.24) is 9.97 Å². The minimum absolute atomic E-state index is 0.0342. The van der Waals surface area contributed by atoms with Crippen LogP contribution in [0.1, 0.15) is 41.4 Å². The highest BCUT2D eigenvalue weighted by Crippen LogP contribution is 2.38. The maximum Gasteiger partial charge on any atom is 0.267 e. The topological polar surface area (TPSA) is 98.4 Å². The van der Waals surface area contributed by atoms with Crippen molar-refractivity contribution in [2.24, 2.45) is 5.73 Å². The number of carbonyl (C=O) groups excluding carboxylic acids is 2. The van der Waals surface area contributed by atoms with Crippen molar-refractivity contribution < 1.29 is 14.3 Å². The van der Waals surface area contributed by atoms with Crippen molar-refractivity contribution in [2.75, 3.05) is 11.5 Å². The van der Waals surface area contributed by atoms with E-state index in [0.717, 1.165) is 29.8 Å². The highest BCUT2D eigenvalue weighted by Gasteiger charge is 2.35. The van der Waals surface area contributed by atoms with Gasteiger partial charge in [0.15, 0.2) is 5.82 Å². The number of amides is 2. The predicted molar refractivity (Wildman–Crippen MR) is 118 cm³/mol. The maximum absolute atomic E-state index is 12.9. The van der Waals surface area contributed by atoms with E-state index in [4.69, 9.17) is 10.5 Å². The molecule has 0 radical (unpaired) electrons. The average molecular weight is 416 g/mol. The average Bonchev–Trinajstić information content (AvgIpc) is 3.09. The van der Waals surface area contributed by atoms with Crippen molar-refractivity contribution in [2.45, 2.75) is 33.1 Å². The summed E-state index contributed by atoms with van der Waals surface area (Å²) in [5.74, 6) is 0.643. The largest absolute Gasteiger partial charge is 0.494 e. The molecule has 2 N–H and O–H groups in total. The molecular weight excluding hydrogens is 392 g/mol. The number of aromatic nitrogens is 2. The zero-order valence-corrected chi connectivity index (χ0v) is 17.6. The number of benzene rings is 2. The van der Waals surface area contributed by atoms with Crippen molar-refractivity contribution in [3.8, 4) is 17.1 Å². The van der Waals surface area contributed by atoms with Crippen LogP contribution >= 0.6 is 0 Å². The van der Waals surface area contributed by atoms with E-state index in [1.807, 2.05) is 55.5 Å². The number of anilines is 2. The molecule has 3 aromatic rings. The molecule has 2 heterocycles. The fraction of sp³-hybridized carbons (Fsp3) is 0.250. The molecule has 0 saturated carbocycles. The van der Waals surface area contributed by atoms with Crippen LogP contribution in [-0.4, -0.2) is 28.4 Å². The summed E-state index contributed by atoms with van der Waals surface area (Å²) in [7, 11) is 0. The number of unbranched alkanes of at least 4 members (excludes halogenated alkanes) is 1. The Morgan fingerprint density at radius 2 is 1.87 bits per heavy atom. The second-order valence-electron chi connectivity index (χ2n) is 7.48. The number of ether oxygens (including phenoxy) is 1. The van der Waals surface area contributed by atoms with Gasteiger partial charge >= 0.3 is 0 Å². The highest BCUT2D eigenvalue weighted by molar-refractivity contribution is 6.09. The van der Waals surface area contributed by atoms with Crippen LogP contribution in [0.3, 0.4) is 0 Å². The molecule has 1 aromatic heterocycles. The number of hydrogen-bond acceptors (Lipinski definition) is 5. The molecule has 31 heavy (non-hydrogen) atoms. The minimum atomic E-state index is -0.682. The van der Waals surface area contributed by atoms with Gasteiger partial charge in [0.2, 0.25) is 5.91 Å². The van der Waals surface area contributed by atoms with Gasteiger partial charge in [-0.1, -0.05) is 31.5 Å². The molecule has 1 aliphatic heterocycles. The van der Waals surface area contributed by atoms with E-state index >= 15 is 0 Å². The summed E-state index contributed by atoms with van der Waals surface area (Å²) in [5.41, 5.74) is 8.51. The third-order valence-corrected chi connectivity index (χ3v) is 5.24. The zero-order valence-electron chi connectivity index (χ0n) is 17.6.